The summed E-state index contributed by atoms with van der Waals surface area (Å²) < 4.78 is 47.8. The van der Waals surface area contributed by atoms with E-state index in [0.717, 1.165) is 6.07 Å². The highest BCUT2D eigenvalue weighted by Gasteiger charge is 2.36. The molecule has 14 heteroatoms. The van der Waals surface area contributed by atoms with Gasteiger partial charge in [0.05, 0.1) is 23.0 Å². The van der Waals surface area contributed by atoms with Gasteiger partial charge in [0.2, 0.25) is 0 Å². The Bertz CT molecular complexity index is 1730. The Morgan fingerprint density at radius 1 is 1.13 bits per heavy atom. The highest BCUT2D eigenvalue weighted by molar-refractivity contribution is 9.10. The van der Waals surface area contributed by atoms with Crippen LogP contribution in [0, 0.1) is 6.92 Å². The number of aryl methyl sites for hydroxylation is 1. The van der Waals surface area contributed by atoms with Crippen molar-refractivity contribution >= 4 is 44.8 Å². The van der Waals surface area contributed by atoms with E-state index in [1.54, 1.807) is 37.3 Å². The van der Waals surface area contributed by atoms with Gasteiger partial charge in [0.1, 0.15) is 11.3 Å². The molecule has 0 unspecified atom stereocenters. The van der Waals surface area contributed by atoms with Crippen LogP contribution in [0.2, 0.25) is 0 Å². The molecule has 0 fully saturated rings. The van der Waals surface area contributed by atoms with Crippen molar-refractivity contribution in [3.05, 3.63) is 75.9 Å². The standard InChI is InChI=1S/C24H17BrF3N7O3/c1-3-38-23(37)15-11-30-34-16(7-8-29-20(15)34)13-5-4-6-14(10-13)32-22(36)19-18(25)21-31-12(2)9-17(24(26,27)28)35(21)33-19/h4-11H,3H2,1-2H3,(H,32,36). The first-order chi connectivity index (χ1) is 18.1. The molecule has 4 heterocycles. The fraction of sp³-hybridized carbons (Fsp3) is 0.167. The second-order valence-corrected chi connectivity index (χ2v) is 8.85. The van der Waals surface area contributed by atoms with Gasteiger partial charge in [0, 0.05) is 23.1 Å². The number of ether oxygens (including phenoxy) is 1. The van der Waals surface area contributed by atoms with E-state index in [0.29, 0.717) is 27.1 Å². The van der Waals surface area contributed by atoms with Crippen LogP contribution in [-0.4, -0.2) is 47.7 Å². The number of esters is 1. The molecule has 5 rings (SSSR count). The zero-order valence-corrected chi connectivity index (χ0v) is 21.3. The van der Waals surface area contributed by atoms with E-state index >= 15 is 0 Å². The number of fused-ring (bicyclic) bond motifs is 2. The molecule has 1 aromatic carbocycles. The number of hydrogen-bond acceptors (Lipinski definition) is 7. The smallest absolute Gasteiger partial charge is 0.433 e. The van der Waals surface area contributed by atoms with E-state index in [2.05, 4.69) is 41.4 Å². The van der Waals surface area contributed by atoms with Crippen molar-refractivity contribution < 1.29 is 27.5 Å². The van der Waals surface area contributed by atoms with E-state index < -0.39 is 23.7 Å². The maximum atomic E-state index is 13.5. The monoisotopic (exact) mass is 587 g/mol. The van der Waals surface area contributed by atoms with Crippen LogP contribution in [0.3, 0.4) is 0 Å². The lowest BCUT2D eigenvalue weighted by molar-refractivity contribution is -0.142. The number of alkyl halides is 3. The van der Waals surface area contributed by atoms with Crippen LogP contribution in [-0.2, 0) is 10.9 Å². The quantitative estimate of drug-likeness (QED) is 0.289. The number of benzene rings is 1. The minimum Gasteiger partial charge on any atom is -0.462 e. The summed E-state index contributed by atoms with van der Waals surface area (Å²) in [7, 11) is 0. The zero-order chi connectivity index (χ0) is 27.2. The number of nitrogens with zero attached hydrogens (tertiary/aromatic N) is 6. The predicted molar refractivity (Wildman–Crippen MR) is 133 cm³/mol. The minimum absolute atomic E-state index is 0.0271. The third kappa shape index (κ3) is 4.47. The van der Waals surface area contributed by atoms with Gasteiger partial charge in [-0.1, -0.05) is 12.1 Å². The maximum Gasteiger partial charge on any atom is 0.433 e. The summed E-state index contributed by atoms with van der Waals surface area (Å²) in [6.07, 6.45) is -1.82. The highest BCUT2D eigenvalue weighted by Crippen LogP contribution is 2.33. The number of amides is 1. The van der Waals surface area contributed by atoms with E-state index in [9.17, 15) is 22.8 Å². The molecular weight excluding hydrogens is 571 g/mol. The number of hydrogen-bond donors (Lipinski definition) is 1. The highest BCUT2D eigenvalue weighted by atomic mass is 79.9. The molecule has 0 aliphatic rings. The molecule has 0 aliphatic carbocycles. The minimum atomic E-state index is -4.70. The van der Waals surface area contributed by atoms with Gasteiger partial charge in [-0.25, -0.2) is 23.8 Å². The van der Waals surface area contributed by atoms with Gasteiger partial charge in [0.25, 0.3) is 5.91 Å². The summed E-state index contributed by atoms with van der Waals surface area (Å²) in [5.41, 5.74) is 0.722. The molecule has 1 N–H and O–H groups in total. The summed E-state index contributed by atoms with van der Waals surface area (Å²) in [4.78, 5) is 33.6. The van der Waals surface area contributed by atoms with Crippen molar-refractivity contribution in [1.82, 2.24) is 29.2 Å². The van der Waals surface area contributed by atoms with E-state index in [1.807, 2.05) is 0 Å². The molecule has 0 aliphatic heterocycles. The Kier molecular flexibility index (Phi) is 6.34. The third-order valence-electron chi connectivity index (χ3n) is 5.48. The number of nitrogens with one attached hydrogen (secondary N) is 1. The summed E-state index contributed by atoms with van der Waals surface area (Å²) in [6.45, 7) is 3.32. The first kappa shape index (κ1) is 25.3. The van der Waals surface area contributed by atoms with Crippen LogP contribution >= 0.6 is 15.9 Å². The van der Waals surface area contributed by atoms with Gasteiger partial charge in [-0.2, -0.15) is 23.4 Å². The van der Waals surface area contributed by atoms with Crippen molar-refractivity contribution in [2.24, 2.45) is 0 Å². The van der Waals surface area contributed by atoms with Crippen LogP contribution in [0.25, 0.3) is 22.6 Å². The Morgan fingerprint density at radius 2 is 1.92 bits per heavy atom. The Balaban J connectivity index is 1.49. The number of carbonyl (C=O) groups is 2. The molecule has 0 spiro atoms. The number of anilines is 1. The molecule has 5 aromatic rings. The van der Waals surface area contributed by atoms with Crippen LogP contribution < -0.4 is 5.32 Å². The van der Waals surface area contributed by atoms with Crippen LogP contribution in [0.1, 0.15) is 39.2 Å². The number of carbonyl (C=O) groups excluding carboxylic acids is 2. The largest absolute Gasteiger partial charge is 0.462 e. The second-order valence-electron chi connectivity index (χ2n) is 8.06. The molecule has 38 heavy (non-hydrogen) atoms. The molecule has 0 saturated heterocycles. The number of halogens is 4. The van der Waals surface area contributed by atoms with Gasteiger partial charge in [0.15, 0.2) is 17.0 Å². The Morgan fingerprint density at radius 3 is 2.66 bits per heavy atom. The number of aromatic nitrogens is 6. The van der Waals surface area contributed by atoms with Crippen LogP contribution in [0.15, 0.2) is 53.3 Å². The fourth-order valence-electron chi connectivity index (χ4n) is 3.87. The summed E-state index contributed by atoms with van der Waals surface area (Å²) in [5, 5.41) is 10.8. The first-order valence-corrected chi connectivity index (χ1v) is 11.9. The predicted octanol–water partition coefficient (Wildman–Crippen LogP) is 4.96. The summed E-state index contributed by atoms with van der Waals surface area (Å²) in [6, 6.07) is 9.24. The van der Waals surface area contributed by atoms with Gasteiger partial charge < -0.3 is 10.1 Å². The molecule has 0 saturated carbocycles. The van der Waals surface area contributed by atoms with Gasteiger partial charge in [-0.3, -0.25) is 4.79 Å². The van der Waals surface area contributed by atoms with Crippen molar-refractivity contribution in [3.8, 4) is 11.3 Å². The van der Waals surface area contributed by atoms with Gasteiger partial charge in [-0.05, 0) is 54.0 Å². The average molecular weight is 588 g/mol. The Labute approximate surface area is 220 Å². The lowest BCUT2D eigenvalue weighted by Gasteiger charge is -2.09. The SMILES string of the molecule is CCOC(=O)c1cnn2c(-c3cccc(NC(=O)c4nn5c(C(F)(F)F)cc(C)nc5c4Br)c3)ccnc12. The van der Waals surface area contributed by atoms with Crippen molar-refractivity contribution in [1.29, 1.82) is 0 Å². The van der Waals surface area contributed by atoms with Crippen molar-refractivity contribution in [3.63, 3.8) is 0 Å². The van der Waals surface area contributed by atoms with Gasteiger partial charge >= 0.3 is 12.1 Å². The maximum absolute atomic E-state index is 13.5. The molecule has 10 nitrogen and oxygen atoms in total. The van der Waals surface area contributed by atoms with E-state index in [-0.39, 0.29) is 33.7 Å². The molecule has 0 atom stereocenters. The normalized spacial score (nSPS) is 11.7. The fourth-order valence-corrected chi connectivity index (χ4v) is 4.39. The summed E-state index contributed by atoms with van der Waals surface area (Å²) >= 11 is 3.17. The lowest BCUT2D eigenvalue weighted by atomic mass is 10.1. The molecule has 194 valence electrons. The second kappa shape index (κ2) is 9.52. The first-order valence-electron chi connectivity index (χ1n) is 11.1. The van der Waals surface area contributed by atoms with Crippen LogP contribution in [0.4, 0.5) is 18.9 Å². The molecule has 1 amide bonds. The number of rotatable bonds is 5. The topological polar surface area (TPSA) is 116 Å². The van der Waals surface area contributed by atoms with E-state index in [4.69, 9.17) is 4.74 Å². The Hall–Kier alpha value is -4.33. The molecular formula is C24H17BrF3N7O3. The molecule has 0 bridgehead atoms. The zero-order valence-electron chi connectivity index (χ0n) is 19.7. The third-order valence-corrected chi connectivity index (χ3v) is 6.21. The van der Waals surface area contributed by atoms with Crippen molar-refractivity contribution in [2.75, 3.05) is 11.9 Å². The molecule has 0 radical (unpaired) electrons. The molecule has 4 aromatic heterocycles. The lowest BCUT2D eigenvalue weighted by Crippen LogP contribution is -2.16. The average Bonchev–Trinajstić information content (AvgIpc) is 3.45. The van der Waals surface area contributed by atoms with Crippen molar-refractivity contribution in [2.45, 2.75) is 20.0 Å². The summed E-state index contributed by atoms with van der Waals surface area (Å²) in [5.74, 6) is -1.29. The van der Waals surface area contributed by atoms with E-state index in [1.165, 1.54) is 23.8 Å². The van der Waals surface area contributed by atoms with Crippen LogP contribution in [0.5, 0.6) is 0 Å². The van der Waals surface area contributed by atoms with Gasteiger partial charge in [-0.15, -0.1) is 0 Å².